The molecule has 1 saturated heterocycles. The van der Waals surface area contributed by atoms with E-state index in [1.165, 1.54) is 6.42 Å². The Balaban J connectivity index is 1.10. The van der Waals surface area contributed by atoms with E-state index >= 15 is 0 Å². The molecule has 0 aromatic heterocycles. The number of carbonyl (C=O) groups is 2. The highest BCUT2D eigenvalue weighted by Gasteiger charge is 2.68. The van der Waals surface area contributed by atoms with Gasteiger partial charge in [0.15, 0.2) is 0 Å². The molecule has 7 heteroatoms. The smallest absolute Gasteiger partial charge is 0.255 e. The maximum atomic E-state index is 13.0. The Labute approximate surface area is 200 Å². The third-order valence-electron chi connectivity index (χ3n) is 8.71. The second kappa shape index (κ2) is 7.84. The van der Waals surface area contributed by atoms with E-state index in [0.717, 1.165) is 62.1 Å². The van der Waals surface area contributed by atoms with Crippen LogP contribution in [-0.4, -0.2) is 41.4 Å². The Morgan fingerprint density at radius 2 is 2.00 bits per heavy atom. The van der Waals surface area contributed by atoms with Gasteiger partial charge in [-0.05, 0) is 80.5 Å². The van der Waals surface area contributed by atoms with Crippen molar-refractivity contribution in [2.45, 2.75) is 82.5 Å². The molecule has 2 amide bonds. The standard InChI is InChI=1S/C27H32N4O3/c1-17-6-9-22(24(32)30-17)31-11-18-10-19(7-8-20(18)25(31)33)34-23-5-3-2-4-21(23)29-16-27-12-26(13-27,14-27)15-28/h7-8,10,21-23,29H,1-6,9,11-14,16H2,(H,30,32)/t21-,22?,23+,26?,27?/m0/s1. The quantitative estimate of drug-likeness (QED) is 0.679. The zero-order chi connectivity index (χ0) is 23.5. The molecule has 4 saturated carbocycles. The first-order valence-corrected chi connectivity index (χ1v) is 12.6. The molecular formula is C27H32N4O3. The molecule has 1 unspecified atom stereocenters. The maximum absolute atomic E-state index is 13.0. The summed E-state index contributed by atoms with van der Waals surface area (Å²) in [5.74, 6) is 0.567. The molecule has 7 rings (SSSR count). The number of rotatable bonds is 6. The Morgan fingerprint density at radius 3 is 2.76 bits per heavy atom. The maximum Gasteiger partial charge on any atom is 0.255 e. The fourth-order valence-electron chi connectivity index (χ4n) is 7.00. The Morgan fingerprint density at radius 1 is 1.21 bits per heavy atom. The van der Waals surface area contributed by atoms with Crippen LogP contribution in [0, 0.1) is 22.2 Å². The van der Waals surface area contributed by atoms with Crippen LogP contribution >= 0.6 is 0 Å². The number of fused-ring (bicyclic) bond motifs is 1. The summed E-state index contributed by atoms with van der Waals surface area (Å²) in [5, 5.41) is 15.9. The number of hydrogen-bond acceptors (Lipinski definition) is 5. The lowest BCUT2D eigenvalue weighted by Crippen LogP contribution is -2.65. The van der Waals surface area contributed by atoms with Crippen molar-refractivity contribution in [2.75, 3.05) is 6.54 Å². The van der Waals surface area contributed by atoms with Crippen LogP contribution in [0.3, 0.4) is 0 Å². The van der Waals surface area contributed by atoms with Gasteiger partial charge in [-0.3, -0.25) is 9.59 Å². The summed E-state index contributed by atoms with van der Waals surface area (Å²) >= 11 is 0. The number of nitriles is 1. The molecule has 0 spiro atoms. The number of ether oxygens (including phenoxy) is 1. The normalized spacial score (nSPS) is 36.1. The second-order valence-corrected chi connectivity index (χ2v) is 11.2. The zero-order valence-electron chi connectivity index (χ0n) is 19.6. The van der Waals surface area contributed by atoms with Crippen molar-refractivity contribution in [3.05, 3.63) is 41.6 Å². The monoisotopic (exact) mass is 460 g/mol. The fraction of sp³-hybridized carbons (Fsp3) is 0.593. The highest BCUT2D eigenvalue weighted by molar-refractivity contribution is 6.01. The third-order valence-corrected chi connectivity index (χ3v) is 8.71. The average Bonchev–Trinajstić information content (AvgIpc) is 3.09. The van der Waals surface area contributed by atoms with E-state index < -0.39 is 6.04 Å². The van der Waals surface area contributed by atoms with Crippen LogP contribution in [0.5, 0.6) is 5.75 Å². The highest BCUT2D eigenvalue weighted by Crippen LogP contribution is 2.72. The van der Waals surface area contributed by atoms with E-state index in [9.17, 15) is 14.9 Å². The van der Waals surface area contributed by atoms with Gasteiger partial charge < -0.3 is 20.3 Å². The first kappa shape index (κ1) is 21.7. The predicted molar refractivity (Wildman–Crippen MR) is 126 cm³/mol. The largest absolute Gasteiger partial charge is 0.489 e. The van der Waals surface area contributed by atoms with E-state index in [4.69, 9.17) is 4.74 Å². The molecule has 2 bridgehead atoms. The molecule has 2 N–H and O–H groups in total. The SMILES string of the molecule is C=C1CCC(N2Cc3cc(O[C@@H]4CCCC[C@@H]4NCC45CC(C#N)(C4)C5)ccc3C2=O)C(=O)N1. The fourth-order valence-corrected chi connectivity index (χ4v) is 7.00. The van der Waals surface area contributed by atoms with Crippen LogP contribution in [0.1, 0.15) is 73.7 Å². The van der Waals surface area contributed by atoms with Crippen LogP contribution in [0.2, 0.25) is 0 Å². The van der Waals surface area contributed by atoms with E-state index in [-0.39, 0.29) is 23.3 Å². The molecule has 4 aliphatic carbocycles. The van der Waals surface area contributed by atoms with Crippen LogP contribution in [0.4, 0.5) is 0 Å². The van der Waals surface area contributed by atoms with Crippen molar-refractivity contribution in [1.29, 1.82) is 5.26 Å². The van der Waals surface area contributed by atoms with Crippen LogP contribution in [-0.2, 0) is 11.3 Å². The number of benzene rings is 1. The average molecular weight is 461 g/mol. The number of nitrogens with one attached hydrogen (secondary N) is 2. The molecule has 0 radical (unpaired) electrons. The van der Waals surface area contributed by atoms with Crippen LogP contribution in [0.15, 0.2) is 30.5 Å². The van der Waals surface area contributed by atoms with Gasteiger partial charge in [0.25, 0.3) is 5.91 Å². The minimum Gasteiger partial charge on any atom is -0.489 e. The molecular weight excluding hydrogens is 428 g/mol. The number of carbonyl (C=O) groups excluding carboxylic acids is 2. The lowest BCUT2D eigenvalue weighted by Gasteiger charge is -2.67. The molecule has 2 heterocycles. The molecule has 178 valence electrons. The number of allylic oxidation sites excluding steroid dienone is 1. The van der Waals surface area contributed by atoms with Gasteiger partial charge in [-0.1, -0.05) is 13.0 Å². The molecule has 5 fully saturated rings. The number of piperidine rings is 1. The Hall–Kier alpha value is -2.85. The lowest BCUT2D eigenvalue weighted by molar-refractivity contribution is -0.161. The van der Waals surface area contributed by atoms with Crippen molar-refractivity contribution in [3.8, 4) is 11.8 Å². The van der Waals surface area contributed by atoms with E-state index in [0.29, 0.717) is 36.4 Å². The summed E-state index contributed by atoms with van der Waals surface area (Å²) in [4.78, 5) is 27.1. The molecule has 34 heavy (non-hydrogen) atoms. The van der Waals surface area contributed by atoms with Crippen LogP contribution in [0.25, 0.3) is 0 Å². The van der Waals surface area contributed by atoms with Gasteiger partial charge in [-0.2, -0.15) is 5.26 Å². The lowest BCUT2D eigenvalue weighted by atomic mass is 9.35. The summed E-state index contributed by atoms with van der Waals surface area (Å²) in [5.41, 5.74) is 2.64. The van der Waals surface area contributed by atoms with E-state index in [1.54, 1.807) is 4.90 Å². The minimum atomic E-state index is -0.446. The highest BCUT2D eigenvalue weighted by atomic mass is 16.5. The second-order valence-electron chi connectivity index (χ2n) is 11.2. The van der Waals surface area contributed by atoms with Crippen LogP contribution < -0.4 is 15.4 Å². The molecule has 6 aliphatic rings. The first-order valence-electron chi connectivity index (χ1n) is 12.6. The van der Waals surface area contributed by atoms with E-state index in [2.05, 4.69) is 23.3 Å². The van der Waals surface area contributed by atoms with Gasteiger partial charge in [-0.25, -0.2) is 0 Å². The van der Waals surface area contributed by atoms with Gasteiger partial charge in [0, 0.05) is 30.4 Å². The summed E-state index contributed by atoms with van der Waals surface area (Å²) in [7, 11) is 0. The molecule has 1 aromatic rings. The summed E-state index contributed by atoms with van der Waals surface area (Å²) in [6.07, 6.45) is 9.02. The van der Waals surface area contributed by atoms with Crippen molar-refractivity contribution in [1.82, 2.24) is 15.5 Å². The van der Waals surface area contributed by atoms with Gasteiger partial charge in [-0.15, -0.1) is 0 Å². The van der Waals surface area contributed by atoms with E-state index in [1.807, 2.05) is 18.2 Å². The summed E-state index contributed by atoms with van der Waals surface area (Å²) < 4.78 is 6.48. The van der Waals surface area contributed by atoms with Crippen molar-refractivity contribution < 1.29 is 14.3 Å². The first-order chi connectivity index (χ1) is 16.4. The van der Waals surface area contributed by atoms with Gasteiger partial charge in [0.2, 0.25) is 5.91 Å². The Kier molecular flexibility index (Phi) is 5.00. The topological polar surface area (TPSA) is 94.5 Å². The molecule has 3 atom stereocenters. The number of amides is 2. The van der Waals surface area contributed by atoms with Crippen molar-refractivity contribution in [2.24, 2.45) is 10.8 Å². The third kappa shape index (κ3) is 3.51. The zero-order valence-corrected chi connectivity index (χ0v) is 19.6. The van der Waals surface area contributed by atoms with Crippen molar-refractivity contribution >= 4 is 11.8 Å². The molecule has 1 aromatic carbocycles. The predicted octanol–water partition coefficient (Wildman–Crippen LogP) is 3.41. The molecule has 7 nitrogen and oxygen atoms in total. The number of nitrogens with zero attached hydrogens (tertiary/aromatic N) is 2. The van der Waals surface area contributed by atoms with Gasteiger partial charge in [0.1, 0.15) is 17.9 Å². The van der Waals surface area contributed by atoms with Gasteiger partial charge in [0.05, 0.1) is 11.5 Å². The molecule has 2 aliphatic heterocycles. The summed E-state index contributed by atoms with van der Waals surface area (Å²) in [6.45, 7) is 5.24. The summed E-state index contributed by atoms with van der Waals surface area (Å²) in [6, 6.07) is 8.09. The minimum absolute atomic E-state index is 0.00778. The number of hydrogen-bond donors (Lipinski definition) is 2. The van der Waals surface area contributed by atoms with Gasteiger partial charge >= 0.3 is 0 Å². The Bertz CT molecular complexity index is 1090. The van der Waals surface area contributed by atoms with Crippen molar-refractivity contribution in [3.63, 3.8) is 0 Å².